The molecule has 0 atom stereocenters. The summed E-state index contributed by atoms with van der Waals surface area (Å²) >= 11 is 0. The maximum absolute atomic E-state index is 10.7. The number of nitrogens with zero attached hydrogens (tertiary/aromatic N) is 1. The fourth-order valence-corrected chi connectivity index (χ4v) is 1.59. The Morgan fingerprint density at radius 1 is 1.00 bits per heavy atom. The number of rotatable bonds is 1. The van der Waals surface area contributed by atoms with Gasteiger partial charge in [0, 0.05) is 6.07 Å². The van der Waals surface area contributed by atoms with Crippen molar-refractivity contribution in [2.45, 2.75) is 20.8 Å². The topological polar surface area (TPSA) is 43.1 Å². The minimum absolute atomic E-state index is 0.172. The first-order chi connectivity index (χ1) is 7.70. The SMILES string of the molecule is CC.Cc1ccc([N+](=O)[O-])c2ccccc12. The summed E-state index contributed by atoms with van der Waals surface area (Å²) in [5, 5.41) is 12.4. The quantitative estimate of drug-likeness (QED) is 0.533. The Morgan fingerprint density at radius 3 is 2.12 bits per heavy atom. The first-order valence-corrected chi connectivity index (χ1v) is 5.33. The lowest BCUT2D eigenvalue weighted by Crippen LogP contribution is -1.90. The Balaban J connectivity index is 0.000000606. The lowest BCUT2D eigenvalue weighted by atomic mass is 10.0. The van der Waals surface area contributed by atoms with Crippen LogP contribution in [0.4, 0.5) is 5.69 Å². The fourth-order valence-electron chi connectivity index (χ4n) is 1.59. The molecule has 84 valence electrons. The summed E-state index contributed by atoms with van der Waals surface area (Å²) in [5.74, 6) is 0. The van der Waals surface area contributed by atoms with Crippen molar-refractivity contribution in [3.8, 4) is 0 Å². The van der Waals surface area contributed by atoms with Gasteiger partial charge in [-0.25, -0.2) is 0 Å². The number of hydrogen-bond donors (Lipinski definition) is 0. The maximum Gasteiger partial charge on any atom is 0.277 e. The molecule has 0 saturated heterocycles. The van der Waals surface area contributed by atoms with E-state index in [-0.39, 0.29) is 10.6 Å². The van der Waals surface area contributed by atoms with Crippen LogP contribution in [0, 0.1) is 17.0 Å². The van der Waals surface area contributed by atoms with E-state index in [1.807, 2.05) is 39.0 Å². The largest absolute Gasteiger partial charge is 0.277 e. The van der Waals surface area contributed by atoms with Gasteiger partial charge in [-0.15, -0.1) is 0 Å². The molecule has 0 bridgehead atoms. The highest BCUT2D eigenvalue weighted by molar-refractivity contribution is 5.93. The first-order valence-electron chi connectivity index (χ1n) is 5.33. The molecule has 2 aromatic carbocycles. The van der Waals surface area contributed by atoms with E-state index >= 15 is 0 Å². The molecule has 0 fully saturated rings. The standard InChI is InChI=1S/C11H9NO2.C2H6/c1-8-6-7-11(12(13)14)10-5-3-2-4-9(8)10;1-2/h2-7H,1H3;1-2H3. The van der Waals surface area contributed by atoms with E-state index in [1.165, 1.54) is 0 Å². The number of hydrogen-bond acceptors (Lipinski definition) is 2. The predicted molar refractivity (Wildman–Crippen MR) is 66.7 cm³/mol. The number of benzene rings is 2. The first kappa shape index (κ1) is 12.2. The summed E-state index contributed by atoms with van der Waals surface area (Å²) in [6.07, 6.45) is 0. The van der Waals surface area contributed by atoms with Crippen molar-refractivity contribution in [1.29, 1.82) is 0 Å². The summed E-state index contributed by atoms with van der Waals surface area (Å²) in [6, 6.07) is 10.7. The van der Waals surface area contributed by atoms with Gasteiger partial charge in [-0.3, -0.25) is 10.1 Å². The average molecular weight is 217 g/mol. The van der Waals surface area contributed by atoms with Crippen LogP contribution in [0.5, 0.6) is 0 Å². The Hall–Kier alpha value is -1.90. The van der Waals surface area contributed by atoms with Gasteiger partial charge in [0.15, 0.2) is 0 Å². The zero-order valence-corrected chi connectivity index (χ0v) is 9.73. The molecular weight excluding hydrogens is 202 g/mol. The molecule has 16 heavy (non-hydrogen) atoms. The van der Waals surface area contributed by atoms with Crippen LogP contribution < -0.4 is 0 Å². The summed E-state index contributed by atoms with van der Waals surface area (Å²) in [5.41, 5.74) is 1.23. The lowest BCUT2D eigenvalue weighted by Gasteiger charge is -2.01. The van der Waals surface area contributed by atoms with Crippen molar-refractivity contribution < 1.29 is 4.92 Å². The second-order valence-electron chi connectivity index (χ2n) is 3.20. The van der Waals surface area contributed by atoms with E-state index in [2.05, 4.69) is 0 Å². The van der Waals surface area contributed by atoms with E-state index in [9.17, 15) is 10.1 Å². The molecule has 0 aliphatic carbocycles. The van der Waals surface area contributed by atoms with Crippen molar-refractivity contribution in [1.82, 2.24) is 0 Å². The fraction of sp³-hybridized carbons (Fsp3) is 0.231. The molecule has 0 N–H and O–H groups in total. The zero-order valence-electron chi connectivity index (χ0n) is 9.73. The second-order valence-corrected chi connectivity index (χ2v) is 3.20. The normalized spacial score (nSPS) is 9.44. The van der Waals surface area contributed by atoms with E-state index in [1.54, 1.807) is 18.2 Å². The third-order valence-corrected chi connectivity index (χ3v) is 2.32. The van der Waals surface area contributed by atoms with Gasteiger partial charge < -0.3 is 0 Å². The Kier molecular flexibility index (Phi) is 4.00. The molecule has 3 nitrogen and oxygen atoms in total. The molecule has 3 heteroatoms. The molecular formula is C13H15NO2. The summed E-state index contributed by atoms with van der Waals surface area (Å²) in [6.45, 7) is 5.95. The molecule has 0 aliphatic heterocycles. The van der Waals surface area contributed by atoms with Gasteiger partial charge >= 0.3 is 0 Å². The van der Waals surface area contributed by atoms with Crippen LogP contribution >= 0.6 is 0 Å². The van der Waals surface area contributed by atoms with Crippen LogP contribution in [-0.4, -0.2) is 4.92 Å². The van der Waals surface area contributed by atoms with Gasteiger partial charge in [-0.2, -0.15) is 0 Å². The number of nitro groups is 1. The Bertz CT molecular complexity index is 506. The molecule has 0 aliphatic rings. The van der Waals surface area contributed by atoms with Crippen LogP contribution in [0.15, 0.2) is 36.4 Å². The van der Waals surface area contributed by atoms with Gasteiger partial charge in [0.25, 0.3) is 5.69 Å². The van der Waals surface area contributed by atoms with Crippen molar-refractivity contribution in [3.63, 3.8) is 0 Å². The number of nitro benzene ring substituents is 1. The van der Waals surface area contributed by atoms with Gasteiger partial charge in [0.2, 0.25) is 0 Å². The van der Waals surface area contributed by atoms with Crippen molar-refractivity contribution >= 4 is 16.5 Å². The zero-order chi connectivity index (χ0) is 12.1. The molecule has 0 aromatic heterocycles. The van der Waals surface area contributed by atoms with E-state index in [4.69, 9.17) is 0 Å². The van der Waals surface area contributed by atoms with Crippen LogP contribution in [0.1, 0.15) is 19.4 Å². The summed E-state index contributed by atoms with van der Waals surface area (Å²) in [4.78, 5) is 10.4. The number of fused-ring (bicyclic) bond motifs is 1. The molecule has 0 amide bonds. The highest BCUT2D eigenvalue weighted by Crippen LogP contribution is 2.27. The highest BCUT2D eigenvalue weighted by Gasteiger charge is 2.11. The minimum atomic E-state index is -0.345. The Morgan fingerprint density at radius 2 is 1.56 bits per heavy atom. The molecule has 0 radical (unpaired) electrons. The molecule has 0 unspecified atom stereocenters. The summed E-state index contributed by atoms with van der Waals surface area (Å²) in [7, 11) is 0. The smallest absolute Gasteiger partial charge is 0.258 e. The monoisotopic (exact) mass is 217 g/mol. The van der Waals surface area contributed by atoms with E-state index in [0.29, 0.717) is 5.39 Å². The second kappa shape index (κ2) is 5.26. The minimum Gasteiger partial charge on any atom is -0.258 e. The highest BCUT2D eigenvalue weighted by atomic mass is 16.6. The van der Waals surface area contributed by atoms with Gasteiger partial charge in [-0.1, -0.05) is 38.1 Å². The van der Waals surface area contributed by atoms with Crippen molar-refractivity contribution in [3.05, 3.63) is 52.1 Å². The maximum atomic E-state index is 10.7. The molecule has 0 saturated carbocycles. The van der Waals surface area contributed by atoms with Crippen LogP contribution in [0.3, 0.4) is 0 Å². The summed E-state index contributed by atoms with van der Waals surface area (Å²) < 4.78 is 0. The van der Waals surface area contributed by atoms with E-state index in [0.717, 1.165) is 10.9 Å². The van der Waals surface area contributed by atoms with Crippen LogP contribution in [0.2, 0.25) is 0 Å². The van der Waals surface area contributed by atoms with Gasteiger partial charge in [0.05, 0.1) is 10.3 Å². The number of aryl methyl sites for hydroxylation is 1. The third-order valence-electron chi connectivity index (χ3n) is 2.32. The lowest BCUT2D eigenvalue weighted by molar-refractivity contribution is -0.383. The molecule has 0 heterocycles. The van der Waals surface area contributed by atoms with Crippen molar-refractivity contribution in [2.24, 2.45) is 0 Å². The van der Waals surface area contributed by atoms with Crippen LogP contribution in [0.25, 0.3) is 10.8 Å². The molecule has 0 spiro atoms. The Labute approximate surface area is 94.9 Å². The average Bonchev–Trinajstić information content (AvgIpc) is 2.32. The molecule has 2 rings (SSSR count). The van der Waals surface area contributed by atoms with E-state index < -0.39 is 0 Å². The predicted octanol–water partition coefficient (Wildman–Crippen LogP) is 4.08. The third kappa shape index (κ3) is 2.19. The van der Waals surface area contributed by atoms with Crippen molar-refractivity contribution in [2.75, 3.05) is 0 Å². The van der Waals surface area contributed by atoms with Crippen LogP contribution in [-0.2, 0) is 0 Å². The van der Waals surface area contributed by atoms with Gasteiger partial charge in [-0.05, 0) is 23.9 Å². The molecule has 2 aromatic rings. The van der Waals surface area contributed by atoms with Gasteiger partial charge in [0.1, 0.15) is 0 Å². The number of non-ortho nitro benzene ring substituents is 1.